The predicted octanol–water partition coefficient (Wildman–Crippen LogP) is 2.20. The molecule has 0 spiro atoms. The van der Waals surface area contributed by atoms with Crippen LogP contribution in [-0.2, 0) is 14.3 Å². The smallest absolute Gasteiger partial charge is 0.255 e. The largest absolute Gasteiger partial charge is 0.370 e. The second-order valence-electron chi connectivity index (χ2n) is 8.40. The number of morpholine rings is 1. The molecule has 2 aliphatic heterocycles. The summed E-state index contributed by atoms with van der Waals surface area (Å²) in [6.07, 6.45) is 1.44. The Balaban J connectivity index is 1.23. The van der Waals surface area contributed by atoms with E-state index >= 15 is 0 Å². The molecular formula is C24H24FN3O4. The van der Waals surface area contributed by atoms with Gasteiger partial charge in [0, 0.05) is 18.2 Å². The van der Waals surface area contributed by atoms with Crippen molar-refractivity contribution in [3.05, 3.63) is 71.0 Å². The van der Waals surface area contributed by atoms with E-state index in [4.69, 9.17) is 4.74 Å². The standard InChI is InChI=1S/C24H24FN3O4/c25-16-7-5-15(6-8-16)20-14-27(11-12-32-20)21(29)13-26-23(30)22-18-3-1-2-4-19(18)24(31)28(22)17-9-10-17/h1-8,17,20,22H,9-14H2,(H,26,30). The number of nitrogens with zero attached hydrogens (tertiary/aromatic N) is 2. The van der Waals surface area contributed by atoms with Crippen molar-refractivity contribution in [2.75, 3.05) is 26.2 Å². The lowest BCUT2D eigenvalue weighted by molar-refractivity contribution is -0.140. The highest BCUT2D eigenvalue weighted by molar-refractivity contribution is 6.05. The number of ether oxygens (including phenoxy) is 1. The number of carbonyl (C=O) groups is 3. The Hall–Kier alpha value is -3.26. The van der Waals surface area contributed by atoms with E-state index in [0.717, 1.165) is 18.4 Å². The van der Waals surface area contributed by atoms with Crippen LogP contribution in [0.1, 0.15) is 46.5 Å². The van der Waals surface area contributed by atoms with Crippen LogP contribution in [0.4, 0.5) is 4.39 Å². The van der Waals surface area contributed by atoms with E-state index in [0.29, 0.717) is 30.8 Å². The summed E-state index contributed by atoms with van der Waals surface area (Å²) >= 11 is 0. The number of hydrogen-bond donors (Lipinski definition) is 1. The van der Waals surface area contributed by atoms with Gasteiger partial charge in [-0.1, -0.05) is 30.3 Å². The highest BCUT2D eigenvalue weighted by Crippen LogP contribution is 2.41. The number of nitrogens with one attached hydrogen (secondary N) is 1. The predicted molar refractivity (Wildman–Crippen MR) is 113 cm³/mol. The van der Waals surface area contributed by atoms with Crippen molar-refractivity contribution >= 4 is 17.7 Å². The first-order valence-electron chi connectivity index (χ1n) is 10.9. The number of hydrogen-bond acceptors (Lipinski definition) is 4. The molecule has 1 saturated heterocycles. The van der Waals surface area contributed by atoms with Gasteiger partial charge in [0.1, 0.15) is 18.0 Å². The van der Waals surface area contributed by atoms with Gasteiger partial charge >= 0.3 is 0 Å². The normalized spacial score (nSPS) is 22.6. The fourth-order valence-electron chi connectivity index (χ4n) is 4.46. The number of carbonyl (C=O) groups excluding carboxylic acids is 3. The van der Waals surface area contributed by atoms with Crippen LogP contribution in [0, 0.1) is 5.82 Å². The Morgan fingerprint density at radius 3 is 2.59 bits per heavy atom. The molecule has 5 rings (SSSR count). The van der Waals surface area contributed by atoms with Gasteiger partial charge in [-0.05, 0) is 42.2 Å². The number of halogens is 1. The van der Waals surface area contributed by atoms with Gasteiger partial charge in [0.25, 0.3) is 5.91 Å². The van der Waals surface area contributed by atoms with Crippen molar-refractivity contribution in [3.8, 4) is 0 Å². The Bertz CT molecular complexity index is 1050. The maximum Gasteiger partial charge on any atom is 0.255 e. The Morgan fingerprint density at radius 2 is 1.84 bits per heavy atom. The molecule has 2 aromatic rings. The molecule has 2 unspecified atom stereocenters. The molecule has 3 aliphatic rings. The minimum atomic E-state index is -0.698. The summed E-state index contributed by atoms with van der Waals surface area (Å²) in [6.45, 7) is 0.965. The van der Waals surface area contributed by atoms with Gasteiger partial charge in [0.2, 0.25) is 11.8 Å². The van der Waals surface area contributed by atoms with Gasteiger partial charge in [0.15, 0.2) is 0 Å². The van der Waals surface area contributed by atoms with Crippen LogP contribution in [0.25, 0.3) is 0 Å². The lowest BCUT2D eigenvalue weighted by Crippen LogP contribution is -2.48. The molecule has 0 bridgehead atoms. The molecule has 1 saturated carbocycles. The highest BCUT2D eigenvalue weighted by Gasteiger charge is 2.47. The van der Waals surface area contributed by atoms with Crippen molar-refractivity contribution in [2.24, 2.45) is 0 Å². The third-order valence-corrected chi connectivity index (χ3v) is 6.26. The van der Waals surface area contributed by atoms with Gasteiger partial charge in [-0.15, -0.1) is 0 Å². The van der Waals surface area contributed by atoms with E-state index in [1.807, 2.05) is 6.07 Å². The van der Waals surface area contributed by atoms with Gasteiger partial charge < -0.3 is 19.9 Å². The zero-order chi connectivity index (χ0) is 22.2. The number of fused-ring (bicyclic) bond motifs is 1. The summed E-state index contributed by atoms with van der Waals surface area (Å²) in [6, 6.07) is 12.6. The van der Waals surface area contributed by atoms with Crippen molar-refractivity contribution in [2.45, 2.75) is 31.0 Å². The summed E-state index contributed by atoms with van der Waals surface area (Å²) in [5.41, 5.74) is 2.05. The lowest BCUT2D eigenvalue weighted by Gasteiger charge is -2.33. The molecule has 2 heterocycles. The monoisotopic (exact) mass is 437 g/mol. The van der Waals surface area contributed by atoms with Crippen LogP contribution in [0.2, 0.25) is 0 Å². The van der Waals surface area contributed by atoms with Crippen LogP contribution >= 0.6 is 0 Å². The van der Waals surface area contributed by atoms with Crippen LogP contribution in [-0.4, -0.2) is 59.8 Å². The fraction of sp³-hybridized carbons (Fsp3) is 0.375. The van der Waals surface area contributed by atoms with E-state index in [-0.39, 0.29) is 42.2 Å². The zero-order valence-corrected chi connectivity index (χ0v) is 17.5. The maximum absolute atomic E-state index is 13.2. The topological polar surface area (TPSA) is 79.0 Å². The molecule has 1 aliphatic carbocycles. The van der Waals surface area contributed by atoms with Crippen molar-refractivity contribution in [3.63, 3.8) is 0 Å². The van der Waals surface area contributed by atoms with Crippen LogP contribution in [0.5, 0.6) is 0 Å². The van der Waals surface area contributed by atoms with Crippen LogP contribution in [0.15, 0.2) is 48.5 Å². The first-order valence-corrected chi connectivity index (χ1v) is 10.9. The highest BCUT2D eigenvalue weighted by atomic mass is 19.1. The average molecular weight is 437 g/mol. The van der Waals surface area contributed by atoms with E-state index in [1.54, 1.807) is 40.1 Å². The third kappa shape index (κ3) is 3.86. The molecule has 3 amide bonds. The number of rotatable bonds is 5. The minimum Gasteiger partial charge on any atom is -0.370 e. The lowest BCUT2D eigenvalue weighted by atomic mass is 10.0. The molecule has 32 heavy (non-hydrogen) atoms. The molecule has 166 valence electrons. The van der Waals surface area contributed by atoms with Crippen LogP contribution < -0.4 is 5.32 Å². The van der Waals surface area contributed by atoms with Gasteiger partial charge in [0.05, 0.1) is 19.7 Å². The molecule has 2 atom stereocenters. The summed E-state index contributed by atoms with van der Waals surface area (Å²) in [7, 11) is 0. The molecule has 8 heteroatoms. The molecular weight excluding hydrogens is 413 g/mol. The summed E-state index contributed by atoms with van der Waals surface area (Å²) in [5, 5.41) is 2.74. The first-order chi connectivity index (χ1) is 15.5. The van der Waals surface area contributed by atoms with E-state index < -0.39 is 6.04 Å². The van der Waals surface area contributed by atoms with E-state index in [1.165, 1.54) is 12.1 Å². The number of amides is 3. The molecule has 7 nitrogen and oxygen atoms in total. The van der Waals surface area contributed by atoms with Crippen LogP contribution in [0.3, 0.4) is 0 Å². The van der Waals surface area contributed by atoms with E-state index in [9.17, 15) is 18.8 Å². The number of benzene rings is 2. The second kappa shape index (κ2) is 8.35. The first kappa shape index (κ1) is 20.6. The molecule has 2 fully saturated rings. The van der Waals surface area contributed by atoms with Gasteiger partial charge in [-0.3, -0.25) is 14.4 Å². The minimum absolute atomic E-state index is 0.0806. The molecule has 2 aromatic carbocycles. The van der Waals surface area contributed by atoms with Crippen molar-refractivity contribution in [1.82, 2.24) is 15.1 Å². The molecule has 1 N–H and O–H groups in total. The van der Waals surface area contributed by atoms with Gasteiger partial charge in [-0.2, -0.15) is 0 Å². The second-order valence-corrected chi connectivity index (χ2v) is 8.40. The maximum atomic E-state index is 13.2. The summed E-state index contributed by atoms with van der Waals surface area (Å²) in [5.74, 6) is -1.01. The fourth-order valence-corrected chi connectivity index (χ4v) is 4.46. The Kier molecular flexibility index (Phi) is 5.38. The summed E-state index contributed by atoms with van der Waals surface area (Å²) in [4.78, 5) is 42.0. The SMILES string of the molecule is O=C(NCC(=O)N1CCOC(c2ccc(F)cc2)C1)C1c2ccccc2C(=O)N1C1CC1. The quantitative estimate of drug-likeness (QED) is 0.778. The van der Waals surface area contributed by atoms with E-state index in [2.05, 4.69) is 5.32 Å². The average Bonchev–Trinajstić information content (AvgIpc) is 3.61. The summed E-state index contributed by atoms with van der Waals surface area (Å²) < 4.78 is 18.9. The Labute approximate surface area is 185 Å². The van der Waals surface area contributed by atoms with Gasteiger partial charge in [-0.25, -0.2) is 4.39 Å². The molecule has 0 radical (unpaired) electrons. The third-order valence-electron chi connectivity index (χ3n) is 6.26. The van der Waals surface area contributed by atoms with Crippen molar-refractivity contribution < 1.29 is 23.5 Å². The Morgan fingerprint density at radius 1 is 1.09 bits per heavy atom. The molecule has 0 aromatic heterocycles. The van der Waals surface area contributed by atoms with Crippen molar-refractivity contribution in [1.29, 1.82) is 0 Å². The zero-order valence-electron chi connectivity index (χ0n) is 17.5.